The second kappa shape index (κ2) is 9.19. The molecule has 1 saturated heterocycles. The topological polar surface area (TPSA) is 86.8 Å². The Bertz CT molecular complexity index is 1400. The highest BCUT2D eigenvalue weighted by molar-refractivity contribution is 7.92. The summed E-state index contributed by atoms with van der Waals surface area (Å²) in [6.07, 6.45) is 2.10. The quantitative estimate of drug-likeness (QED) is 0.562. The van der Waals surface area contributed by atoms with Gasteiger partial charge in [-0.25, -0.2) is 8.42 Å². The van der Waals surface area contributed by atoms with Crippen LogP contribution in [0.2, 0.25) is 0 Å². The first-order valence-corrected chi connectivity index (χ1v) is 13.2. The monoisotopic (exact) mass is 489 g/mol. The zero-order valence-corrected chi connectivity index (χ0v) is 20.3. The molecular weight excluding hydrogens is 462 g/mol. The van der Waals surface area contributed by atoms with Crippen molar-refractivity contribution in [2.24, 2.45) is 0 Å². The molecular formula is C27H27N3O4S. The third-order valence-electron chi connectivity index (χ3n) is 6.53. The Balaban J connectivity index is 1.35. The highest BCUT2D eigenvalue weighted by atomic mass is 32.2. The van der Waals surface area contributed by atoms with Crippen molar-refractivity contribution in [3.63, 3.8) is 0 Å². The fourth-order valence-corrected chi connectivity index (χ4v) is 6.60. The zero-order chi connectivity index (χ0) is 24.6. The zero-order valence-electron chi connectivity index (χ0n) is 19.5. The molecule has 8 heteroatoms. The Morgan fingerprint density at radius 2 is 1.83 bits per heavy atom. The van der Waals surface area contributed by atoms with Crippen LogP contribution in [-0.4, -0.2) is 37.7 Å². The number of nitrogens with zero attached hydrogens (tertiary/aromatic N) is 2. The highest BCUT2D eigenvalue weighted by Crippen LogP contribution is 2.36. The number of amides is 2. The lowest BCUT2D eigenvalue weighted by molar-refractivity contribution is -0.128. The lowest BCUT2D eigenvalue weighted by atomic mass is 10.1. The van der Waals surface area contributed by atoms with Crippen molar-refractivity contribution in [1.29, 1.82) is 0 Å². The molecule has 1 atom stereocenters. The van der Waals surface area contributed by atoms with Crippen molar-refractivity contribution in [2.75, 3.05) is 16.2 Å². The van der Waals surface area contributed by atoms with Gasteiger partial charge >= 0.3 is 0 Å². The summed E-state index contributed by atoms with van der Waals surface area (Å²) in [4.78, 5) is 26.8. The van der Waals surface area contributed by atoms with Gasteiger partial charge in [0.1, 0.15) is 0 Å². The molecule has 2 aliphatic heterocycles. The molecule has 0 aliphatic carbocycles. The van der Waals surface area contributed by atoms with Gasteiger partial charge in [-0.2, -0.15) is 0 Å². The summed E-state index contributed by atoms with van der Waals surface area (Å²) < 4.78 is 28.5. The first kappa shape index (κ1) is 23.1. The maximum atomic E-state index is 13.5. The van der Waals surface area contributed by atoms with Crippen molar-refractivity contribution >= 4 is 33.2 Å². The van der Waals surface area contributed by atoms with E-state index in [4.69, 9.17) is 0 Å². The van der Waals surface area contributed by atoms with Gasteiger partial charge in [-0.3, -0.25) is 13.9 Å². The van der Waals surface area contributed by atoms with E-state index >= 15 is 0 Å². The number of hydrogen-bond acceptors (Lipinski definition) is 4. The molecule has 7 nitrogen and oxygen atoms in total. The molecule has 3 aromatic carbocycles. The number of carbonyl (C=O) groups is 2. The van der Waals surface area contributed by atoms with Crippen LogP contribution in [0.5, 0.6) is 0 Å². The average Bonchev–Trinajstić information content (AvgIpc) is 3.41. The minimum atomic E-state index is -3.84. The standard InChI is InChI=1S/C27H27N3O4S/c1-19-15-21-8-2-3-12-25(21)30(19)35(33,34)24-11-5-9-22(17-24)27(32)28-23-10-4-7-20(16-23)18-29-14-6-13-26(29)31/h2-5,7-12,16-17,19H,6,13-15,18H2,1H3,(H,28,32). The van der Waals surface area contributed by atoms with Crippen molar-refractivity contribution in [3.8, 4) is 0 Å². The summed E-state index contributed by atoms with van der Waals surface area (Å²) in [5, 5.41) is 2.86. The van der Waals surface area contributed by atoms with Crippen molar-refractivity contribution < 1.29 is 18.0 Å². The Kier molecular flexibility index (Phi) is 6.06. The van der Waals surface area contributed by atoms with Crippen LogP contribution in [0.3, 0.4) is 0 Å². The summed E-state index contributed by atoms with van der Waals surface area (Å²) >= 11 is 0. The lowest BCUT2D eigenvalue weighted by Crippen LogP contribution is -2.35. The van der Waals surface area contributed by atoms with Crippen LogP contribution < -0.4 is 9.62 Å². The highest BCUT2D eigenvalue weighted by Gasteiger charge is 2.36. The maximum absolute atomic E-state index is 13.5. The third-order valence-corrected chi connectivity index (χ3v) is 8.45. The second-order valence-electron chi connectivity index (χ2n) is 9.08. The first-order valence-electron chi connectivity index (χ1n) is 11.7. The summed E-state index contributed by atoms with van der Waals surface area (Å²) in [7, 11) is -3.84. The Morgan fingerprint density at radius 1 is 1.03 bits per heavy atom. The third kappa shape index (κ3) is 4.53. The number of anilines is 2. The van der Waals surface area contributed by atoms with E-state index in [-0.39, 0.29) is 22.4 Å². The molecule has 180 valence electrons. The van der Waals surface area contributed by atoms with Crippen molar-refractivity contribution in [2.45, 2.75) is 43.7 Å². The van der Waals surface area contributed by atoms with Gasteiger partial charge in [0.2, 0.25) is 5.91 Å². The normalized spacial score (nSPS) is 17.5. The average molecular weight is 490 g/mol. The Labute approximate surface area is 205 Å². The molecule has 1 N–H and O–H groups in total. The number of rotatable bonds is 6. The molecule has 1 unspecified atom stereocenters. The molecule has 3 aromatic rings. The van der Waals surface area contributed by atoms with E-state index in [1.165, 1.54) is 16.4 Å². The smallest absolute Gasteiger partial charge is 0.264 e. The fraction of sp³-hybridized carbons (Fsp3) is 0.259. The number of para-hydroxylation sites is 1. The largest absolute Gasteiger partial charge is 0.338 e. The molecule has 35 heavy (non-hydrogen) atoms. The van der Waals surface area contributed by atoms with Gasteiger partial charge in [-0.15, -0.1) is 0 Å². The molecule has 2 aliphatic rings. The SMILES string of the molecule is CC1Cc2ccccc2N1S(=O)(=O)c1cccc(C(=O)Nc2cccc(CN3CCCC3=O)c2)c1. The van der Waals surface area contributed by atoms with Gasteiger partial charge < -0.3 is 10.2 Å². The van der Waals surface area contributed by atoms with Gasteiger partial charge in [0.15, 0.2) is 0 Å². The van der Waals surface area contributed by atoms with Crippen LogP contribution in [0.15, 0.2) is 77.7 Å². The number of hydrogen-bond donors (Lipinski definition) is 1. The predicted molar refractivity (Wildman–Crippen MR) is 135 cm³/mol. The Morgan fingerprint density at radius 3 is 2.63 bits per heavy atom. The number of sulfonamides is 1. The molecule has 2 heterocycles. The van der Waals surface area contributed by atoms with Crippen LogP contribution in [0.25, 0.3) is 0 Å². The van der Waals surface area contributed by atoms with Gasteiger partial charge in [-0.1, -0.05) is 36.4 Å². The van der Waals surface area contributed by atoms with Gasteiger partial charge in [0.25, 0.3) is 15.9 Å². The Hall–Kier alpha value is -3.65. The van der Waals surface area contributed by atoms with Gasteiger partial charge in [-0.05, 0) is 67.3 Å². The van der Waals surface area contributed by atoms with Crippen LogP contribution in [-0.2, 0) is 27.8 Å². The van der Waals surface area contributed by atoms with Crippen LogP contribution in [0, 0.1) is 0 Å². The molecule has 2 amide bonds. The van der Waals surface area contributed by atoms with Crippen LogP contribution >= 0.6 is 0 Å². The molecule has 0 radical (unpaired) electrons. The molecule has 0 bridgehead atoms. The number of carbonyl (C=O) groups excluding carboxylic acids is 2. The van der Waals surface area contributed by atoms with E-state index in [0.717, 1.165) is 24.1 Å². The number of benzene rings is 3. The minimum Gasteiger partial charge on any atom is -0.338 e. The fourth-order valence-electron chi connectivity index (χ4n) is 4.86. The van der Waals surface area contributed by atoms with E-state index in [1.54, 1.807) is 18.2 Å². The maximum Gasteiger partial charge on any atom is 0.264 e. The van der Waals surface area contributed by atoms with E-state index in [0.29, 0.717) is 30.8 Å². The van der Waals surface area contributed by atoms with Crippen molar-refractivity contribution in [1.82, 2.24) is 4.90 Å². The van der Waals surface area contributed by atoms with Crippen LogP contribution in [0.4, 0.5) is 11.4 Å². The molecule has 0 spiro atoms. The van der Waals surface area contributed by atoms with E-state index in [1.807, 2.05) is 54.3 Å². The summed E-state index contributed by atoms with van der Waals surface area (Å²) in [6, 6.07) is 20.8. The summed E-state index contributed by atoms with van der Waals surface area (Å²) in [5.41, 5.74) is 3.45. The summed E-state index contributed by atoms with van der Waals surface area (Å²) in [6.45, 7) is 3.14. The van der Waals surface area contributed by atoms with Crippen molar-refractivity contribution in [3.05, 3.63) is 89.5 Å². The number of nitrogens with one attached hydrogen (secondary N) is 1. The lowest BCUT2D eigenvalue weighted by Gasteiger charge is -2.24. The predicted octanol–water partition coefficient (Wildman–Crippen LogP) is 4.20. The molecule has 1 fully saturated rings. The number of fused-ring (bicyclic) bond motifs is 1. The molecule has 0 saturated carbocycles. The molecule has 0 aromatic heterocycles. The summed E-state index contributed by atoms with van der Waals surface area (Å²) in [5.74, 6) is -0.251. The van der Waals surface area contributed by atoms with E-state index in [2.05, 4.69) is 5.32 Å². The van der Waals surface area contributed by atoms with Gasteiger partial charge in [0, 0.05) is 36.8 Å². The van der Waals surface area contributed by atoms with E-state index in [9.17, 15) is 18.0 Å². The van der Waals surface area contributed by atoms with Gasteiger partial charge in [0.05, 0.1) is 10.6 Å². The van der Waals surface area contributed by atoms with E-state index < -0.39 is 15.9 Å². The second-order valence-corrected chi connectivity index (χ2v) is 10.9. The van der Waals surface area contributed by atoms with Crippen LogP contribution in [0.1, 0.15) is 41.3 Å². The number of likely N-dealkylation sites (tertiary alicyclic amines) is 1. The minimum absolute atomic E-state index is 0.0787. The molecule has 5 rings (SSSR count). The first-order chi connectivity index (χ1) is 16.8.